The SMILES string of the molecule is C[C@H](C(=O)NC1CC1)n1c(Cc2ccc(F)cc2)nc2cc(Cl)c(Cl)cc21. The molecule has 1 N–H and O–H groups in total. The average Bonchev–Trinajstić information content (AvgIpc) is 3.38. The van der Waals surface area contributed by atoms with E-state index in [4.69, 9.17) is 23.2 Å². The average molecular weight is 406 g/mol. The predicted molar refractivity (Wildman–Crippen MR) is 105 cm³/mol. The Morgan fingerprint density at radius 1 is 1.26 bits per heavy atom. The minimum atomic E-state index is -0.455. The van der Waals surface area contributed by atoms with Crippen LogP contribution >= 0.6 is 23.2 Å². The lowest BCUT2D eigenvalue weighted by Gasteiger charge is -2.18. The number of amides is 1. The maximum Gasteiger partial charge on any atom is 0.243 e. The zero-order valence-corrected chi connectivity index (χ0v) is 16.2. The second-order valence-electron chi connectivity index (χ2n) is 6.92. The van der Waals surface area contributed by atoms with Crippen LogP contribution in [0.15, 0.2) is 36.4 Å². The molecule has 1 aliphatic carbocycles. The molecule has 1 heterocycles. The van der Waals surface area contributed by atoms with Gasteiger partial charge in [0.2, 0.25) is 5.91 Å². The van der Waals surface area contributed by atoms with Gasteiger partial charge in [-0.05, 0) is 49.6 Å². The molecule has 140 valence electrons. The lowest BCUT2D eigenvalue weighted by atomic mass is 10.1. The molecule has 0 spiro atoms. The van der Waals surface area contributed by atoms with Crippen molar-refractivity contribution in [1.82, 2.24) is 14.9 Å². The molecule has 1 atom stereocenters. The summed E-state index contributed by atoms with van der Waals surface area (Å²) in [6.07, 6.45) is 2.51. The number of halogens is 3. The van der Waals surface area contributed by atoms with Crippen LogP contribution < -0.4 is 5.32 Å². The van der Waals surface area contributed by atoms with Gasteiger partial charge in [0.15, 0.2) is 0 Å². The number of imidazole rings is 1. The van der Waals surface area contributed by atoms with Gasteiger partial charge >= 0.3 is 0 Å². The number of rotatable bonds is 5. The summed E-state index contributed by atoms with van der Waals surface area (Å²) in [5.41, 5.74) is 2.33. The van der Waals surface area contributed by atoms with Gasteiger partial charge in [-0.2, -0.15) is 0 Å². The maximum atomic E-state index is 13.2. The van der Waals surface area contributed by atoms with Gasteiger partial charge in [0.1, 0.15) is 17.7 Å². The van der Waals surface area contributed by atoms with E-state index in [0.717, 1.165) is 23.9 Å². The third-order valence-electron chi connectivity index (χ3n) is 4.77. The number of hydrogen-bond donors (Lipinski definition) is 1. The van der Waals surface area contributed by atoms with E-state index < -0.39 is 6.04 Å². The summed E-state index contributed by atoms with van der Waals surface area (Å²) in [5.74, 6) is 0.361. The van der Waals surface area contributed by atoms with Crippen LogP contribution in [0.2, 0.25) is 10.0 Å². The lowest BCUT2D eigenvalue weighted by molar-refractivity contribution is -0.124. The molecule has 3 aromatic rings. The van der Waals surface area contributed by atoms with E-state index in [1.807, 2.05) is 11.5 Å². The van der Waals surface area contributed by atoms with Crippen LogP contribution in [0.1, 0.15) is 37.2 Å². The summed E-state index contributed by atoms with van der Waals surface area (Å²) in [4.78, 5) is 17.3. The van der Waals surface area contributed by atoms with Crippen molar-refractivity contribution >= 4 is 40.1 Å². The van der Waals surface area contributed by atoms with Crippen LogP contribution in [-0.4, -0.2) is 21.5 Å². The zero-order valence-electron chi connectivity index (χ0n) is 14.7. The first-order valence-corrected chi connectivity index (χ1v) is 9.58. The first kappa shape index (κ1) is 18.3. The molecule has 7 heteroatoms. The molecule has 0 saturated heterocycles. The van der Waals surface area contributed by atoms with Crippen molar-refractivity contribution in [2.24, 2.45) is 0 Å². The molecule has 1 fully saturated rings. The third kappa shape index (κ3) is 3.80. The summed E-state index contributed by atoms with van der Waals surface area (Å²) in [7, 11) is 0. The topological polar surface area (TPSA) is 46.9 Å². The summed E-state index contributed by atoms with van der Waals surface area (Å²) >= 11 is 12.4. The third-order valence-corrected chi connectivity index (χ3v) is 5.49. The van der Waals surface area contributed by atoms with Gasteiger partial charge in [0.05, 0.1) is 21.1 Å². The zero-order chi connectivity index (χ0) is 19.1. The highest BCUT2D eigenvalue weighted by Gasteiger charge is 2.28. The number of fused-ring (bicyclic) bond motifs is 1. The molecule has 1 aromatic heterocycles. The molecule has 2 aromatic carbocycles. The molecule has 4 rings (SSSR count). The van der Waals surface area contributed by atoms with Crippen LogP contribution in [0.5, 0.6) is 0 Å². The second-order valence-corrected chi connectivity index (χ2v) is 7.73. The number of carbonyl (C=O) groups excluding carboxylic acids is 1. The molecule has 0 radical (unpaired) electrons. The van der Waals surface area contributed by atoms with Crippen molar-refractivity contribution in [3.05, 3.63) is 63.6 Å². The molecule has 27 heavy (non-hydrogen) atoms. The minimum absolute atomic E-state index is 0.0526. The van der Waals surface area contributed by atoms with Gasteiger partial charge in [0, 0.05) is 12.5 Å². The van der Waals surface area contributed by atoms with Crippen molar-refractivity contribution in [3.63, 3.8) is 0 Å². The predicted octanol–water partition coefficient (Wildman–Crippen LogP) is 4.91. The fourth-order valence-corrected chi connectivity index (χ4v) is 3.46. The summed E-state index contributed by atoms with van der Waals surface area (Å²) < 4.78 is 15.1. The number of carbonyl (C=O) groups is 1. The fourth-order valence-electron chi connectivity index (χ4n) is 3.15. The normalized spacial score (nSPS) is 15.1. The van der Waals surface area contributed by atoms with Gasteiger partial charge in [0.25, 0.3) is 0 Å². The van der Waals surface area contributed by atoms with E-state index >= 15 is 0 Å². The molecule has 0 unspecified atom stereocenters. The summed E-state index contributed by atoms with van der Waals surface area (Å²) in [6.45, 7) is 1.84. The van der Waals surface area contributed by atoms with Crippen LogP contribution in [0.25, 0.3) is 11.0 Å². The Labute approximate surface area is 166 Å². The molecule has 0 bridgehead atoms. The van der Waals surface area contributed by atoms with Crippen molar-refractivity contribution < 1.29 is 9.18 Å². The van der Waals surface area contributed by atoms with Crippen molar-refractivity contribution in [2.75, 3.05) is 0 Å². The van der Waals surface area contributed by atoms with Gasteiger partial charge < -0.3 is 9.88 Å². The van der Waals surface area contributed by atoms with E-state index in [0.29, 0.717) is 27.8 Å². The van der Waals surface area contributed by atoms with E-state index in [1.165, 1.54) is 12.1 Å². The standard InChI is InChI=1S/C20H18Cl2FN3O/c1-11(20(27)24-14-6-7-14)26-18-10-16(22)15(21)9-17(18)25-19(26)8-12-2-4-13(23)5-3-12/h2-5,9-11,14H,6-8H2,1H3,(H,24,27)/t11-/m1/s1. The number of hydrogen-bond acceptors (Lipinski definition) is 2. The van der Waals surface area contributed by atoms with E-state index in [9.17, 15) is 9.18 Å². The van der Waals surface area contributed by atoms with Gasteiger partial charge in [-0.1, -0.05) is 35.3 Å². The van der Waals surface area contributed by atoms with Crippen LogP contribution in [0.3, 0.4) is 0 Å². The van der Waals surface area contributed by atoms with Crippen molar-refractivity contribution in [1.29, 1.82) is 0 Å². The smallest absolute Gasteiger partial charge is 0.243 e. The second kappa shape index (κ2) is 7.13. The number of benzene rings is 2. The van der Waals surface area contributed by atoms with Crippen LogP contribution in [0.4, 0.5) is 4.39 Å². The Morgan fingerprint density at radius 2 is 1.93 bits per heavy atom. The van der Waals surface area contributed by atoms with E-state index in [-0.39, 0.29) is 17.8 Å². The highest BCUT2D eigenvalue weighted by Crippen LogP contribution is 2.31. The Kier molecular flexibility index (Phi) is 4.82. The number of nitrogens with zero attached hydrogens (tertiary/aromatic N) is 2. The van der Waals surface area contributed by atoms with Gasteiger partial charge in [-0.3, -0.25) is 4.79 Å². The first-order chi connectivity index (χ1) is 12.9. The number of nitrogens with one attached hydrogen (secondary N) is 1. The van der Waals surface area contributed by atoms with Crippen LogP contribution in [-0.2, 0) is 11.2 Å². The molecule has 1 amide bonds. The Morgan fingerprint density at radius 3 is 2.59 bits per heavy atom. The Bertz CT molecular complexity index is 1010. The fraction of sp³-hybridized carbons (Fsp3) is 0.300. The molecule has 4 nitrogen and oxygen atoms in total. The maximum absolute atomic E-state index is 13.2. The summed E-state index contributed by atoms with van der Waals surface area (Å²) in [5, 5.41) is 3.86. The Hall–Kier alpha value is -2.11. The van der Waals surface area contributed by atoms with Crippen LogP contribution in [0, 0.1) is 5.82 Å². The highest BCUT2D eigenvalue weighted by atomic mass is 35.5. The summed E-state index contributed by atoms with van der Waals surface area (Å²) in [6, 6.07) is 9.52. The number of aromatic nitrogens is 2. The molecule has 0 aliphatic heterocycles. The molecular weight excluding hydrogens is 388 g/mol. The minimum Gasteiger partial charge on any atom is -0.352 e. The lowest BCUT2D eigenvalue weighted by Crippen LogP contribution is -2.33. The monoisotopic (exact) mass is 405 g/mol. The first-order valence-electron chi connectivity index (χ1n) is 8.83. The molecular formula is C20H18Cl2FN3O. The van der Waals surface area contributed by atoms with Crippen molar-refractivity contribution in [2.45, 2.75) is 38.3 Å². The highest BCUT2D eigenvalue weighted by molar-refractivity contribution is 6.42. The van der Waals surface area contributed by atoms with E-state index in [2.05, 4.69) is 10.3 Å². The largest absolute Gasteiger partial charge is 0.352 e. The molecule has 1 aliphatic rings. The quantitative estimate of drug-likeness (QED) is 0.655. The molecule has 1 saturated carbocycles. The van der Waals surface area contributed by atoms with Gasteiger partial charge in [-0.25, -0.2) is 9.37 Å². The van der Waals surface area contributed by atoms with E-state index in [1.54, 1.807) is 24.3 Å². The van der Waals surface area contributed by atoms with Gasteiger partial charge in [-0.15, -0.1) is 0 Å². The Balaban J connectivity index is 1.78. The van der Waals surface area contributed by atoms with Crippen molar-refractivity contribution in [3.8, 4) is 0 Å².